The van der Waals surface area contributed by atoms with E-state index in [-0.39, 0.29) is 39.6 Å². The Hall–Kier alpha value is -3.54. The molecular formula is C20H17FN6O2. The van der Waals surface area contributed by atoms with E-state index < -0.39 is 11.4 Å². The van der Waals surface area contributed by atoms with Gasteiger partial charge in [0.1, 0.15) is 29.3 Å². The highest BCUT2D eigenvalue weighted by molar-refractivity contribution is 5.87. The van der Waals surface area contributed by atoms with Crippen LogP contribution in [0.25, 0.3) is 28.1 Å². The van der Waals surface area contributed by atoms with E-state index in [1.54, 1.807) is 18.2 Å². The number of halogens is 1. The first-order chi connectivity index (χ1) is 13.9. The molecule has 3 heterocycles. The summed E-state index contributed by atoms with van der Waals surface area (Å²) in [5, 5.41) is 13.6. The van der Waals surface area contributed by atoms with Gasteiger partial charge in [-0.2, -0.15) is 10.2 Å². The van der Waals surface area contributed by atoms with Crippen LogP contribution in [0.2, 0.25) is 0 Å². The lowest BCUT2D eigenvalue weighted by atomic mass is 10.1. The monoisotopic (exact) mass is 392 g/mol. The number of imidazole rings is 1. The molecule has 1 aliphatic rings. The Morgan fingerprint density at radius 2 is 2.07 bits per heavy atom. The molecule has 0 atom stereocenters. The summed E-state index contributed by atoms with van der Waals surface area (Å²) < 4.78 is 22.7. The van der Waals surface area contributed by atoms with Crippen molar-refractivity contribution in [2.45, 2.75) is 45.1 Å². The summed E-state index contributed by atoms with van der Waals surface area (Å²) in [7, 11) is 0. The van der Waals surface area contributed by atoms with Gasteiger partial charge in [0.2, 0.25) is 0 Å². The molecule has 0 amide bonds. The first kappa shape index (κ1) is 17.6. The van der Waals surface area contributed by atoms with Gasteiger partial charge in [0.25, 0.3) is 11.4 Å². The van der Waals surface area contributed by atoms with E-state index >= 15 is 0 Å². The molecule has 3 aromatic heterocycles. The maximum Gasteiger partial charge on any atom is 0.279 e. The Morgan fingerprint density at radius 1 is 1.31 bits per heavy atom. The molecule has 0 N–H and O–H groups in total. The van der Waals surface area contributed by atoms with Crippen LogP contribution in [0, 0.1) is 17.1 Å². The van der Waals surface area contributed by atoms with Crippen molar-refractivity contribution in [2.75, 3.05) is 0 Å². The molecule has 0 aliphatic heterocycles. The quantitative estimate of drug-likeness (QED) is 0.530. The molecule has 9 heteroatoms. The highest BCUT2D eigenvalue weighted by Crippen LogP contribution is 2.46. The molecule has 1 aliphatic carbocycles. The predicted molar refractivity (Wildman–Crippen MR) is 102 cm³/mol. The maximum atomic E-state index is 14.3. The molecule has 1 saturated carbocycles. The number of fused-ring (bicyclic) bond motifs is 3. The van der Waals surface area contributed by atoms with E-state index in [1.807, 2.05) is 6.07 Å². The van der Waals surface area contributed by atoms with Gasteiger partial charge >= 0.3 is 0 Å². The normalized spacial score (nSPS) is 15.3. The van der Waals surface area contributed by atoms with Crippen molar-refractivity contribution < 1.29 is 8.91 Å². The number of nitrogens with zero attached hydrogens (tertiary/aromatic N) is 6. The molecule has 0 radical (unpaired) electrons. The molecule has 0 spiro atoms. The van der Waals surface area contributed by atoms with Gasteiger partial charge in [-0.25, -0.2) is 9.37 Å². The molecule has 5 rings (SSSR count). The summed E-state index contributed by atoms with van der Waals surface area (Å²) in [4.78, 5) is 22.2. The minimum atomic E-state index is -0.673. The third-order valence-electron chi connectivity index (χ3n) is 5.59. The van der Waals surface area contributed by atoms with Crippen molar-refractivity contribution in [3.05, 3.63) is 46.0 Å². The fourth-order valence-corrected chi connectivity index (χ4v) is 3.68. The molecule has 0 saturated heterocycles. The van der Waals surface area contributed by atoms with Crippen LogP contribution in [-0.2, 0) is 5.41 Å². The van der Waals surface area contributed by atoms with E-state index in [1.165, 1.54) is 23.0 Å². The lowest BCUT2D eigenvalue weighted by Gasteiger charge is -2.16. The SMILES string of the molecule is CC(C)n1c(=O)c2c(-c3nc(C4(C)CC4)no3)ncn2c2ccc(F)c(C#N)c21. The largest absolute Gasteiger partial charge is 0.332 e. The summed E-state index contributed by atoms with van der Waals surface area (Å²) >= 11 is 0. The minimum Gasteiger partial charge on any atom is -0.332 e. The molecule has 146 valence electrons. The van der Waals surface area contributed by atoms with Crippen LogP contribution < -0.4 is 5.56 Å². The average Bonchev–Trinajstić information content (AvgIpc) is 3.11. The van der Waals surface area contributed by atoms with E-state index in [2.05, 4.69) is 22.0 Å². The second-order valence-electron chi connectivity index (χ2n) is 7.97. The zero-order valence-electron chi connectivity index (χ0n) is 16.1. The Balaban J connectivity index is 1.88. The van der Waals surface area contributed by atoms with Gasteiger partial charge in [0, 0.05) is 11.5 Å². The van der Waals surface area contributed by atoms with Crippen molar-refractivity contribution >= 4 is 16.6 Å². The minimum absolute atomic E-state index is 0.0820. The maximum absolute atomic E-state index is 14.3. The Kier molecular flexibility index (Phi) is 3.47. The molecule has 1 fully saturated rings. The summed E-state index contributed by atoms with van der Waals surface area (Å²) in [5.41, 5.74) is 0.600. The second kappa shape index (κ2) is 5.73. The van der Waals surface area contributed by atoms with Gasteiger partial charge in [-0.15, -0.1) is 0 Å². The Morgan fingerprint density at radius 3 is 2.72 bits per heavy atom. The lowest BCUT2D eigenvalue weighted by molar-refractivity contribution is 0.415. The number of hydrogen-bond acceptors (Lipinski definition) is 6. The van der Waals surface area contributed by atoms with Gasteiger partial charge in [-0.05, 0) is 38.8 Å². The van der Waals surface area contributed by atoms with E-state index in [9.17, 15) is 14.4 Å². The smallest absolute Gasteiger partial charge is 0.279 e. The number of rotatable bonds is 3. The summed E-state index contributed by atoms with van der Waals surface area (Å²) in [6.07, 6.45) is 3.44. The van der Waals surface area contributed by atoms with Gasteiger partial charge in [-0.1, -0.05) is 12.1 Å². The zero-order valence-corrected chi connectivity index (χ0v) is 16.1. The lowest BCUT2D eigenvalue weighted by Crippen LogP contribution is -2.25. The first-order valence-electron chi connectivity index (χ1n) is 9.34. The summed E-state index contributed by atoms with van der Waals surface area (Å²) in [6, 6.07) is 4.32. The molecule has 29 heavy (non-hydrogen) atoms. The van der Waals surface area contributed by atoms with Gasteiger partial charge in [0.15, 0.2) is 11.5 Å². The predicted octanol–water partition coefficient (Wildman–Crippen LogP) is 3.34. The Labute approximate surface area is 164 Å². The standard InChI is InChI=1S/C20H17FN6O2/c1-10(2)27-15-11(8-22)12(21)4-5-13(15)26-9-23-14(16(26)18(27)28)17-24-19(25-29-17)20(3)6-7-20/h4-5,9-10H,6-7H2,1-3H3. The van der Waals surface area contributed by atoms with Crippen LogP contribution in [0.4, 0.5) is 4.39 Å². The second-order valence-corrected chi connectivity index (χ2v) is 7.97. The molecule has 1 aromatic carbocycles. The highest BCUT2D eigenvalue weighted by atomic mass is 19.1. The molecule has 0 bridgehead atoms. The van der Waals surface area contributed by atoms with Crippen LogP contribution in [0.1, 0.15) is 51.0 Å². The highest BCUT2D eigenvalue weighted by Gasteiger charge is 2.44. The third-order valence-corrected chi connectivity index (χ3v) is 5.59. The van der Waals surface area contributed by atoms with Crippen molar-refractivity contribution in [2.24, 2.45) is 0 Å². The number of hydrogen-bond donors (Lipinski definition) is 0. The fraction of sp³-hybridized carbons (Fsp3) is 0.350. The molecule has 0 unspecified atom stereocenters. The van der Waals surface area contributed by atoms with Crippen LogP contribution in [0.15, 0.2) is 27.8 Å². The molecule has 8 nitrogen and oxygen atoms in total. The van der Waals surface area contributed by atoms with E-state index in [4.69, 9.17) is 4.52 Å². The number of nitriles is 1. The van der Waals surface area contributed by atoms with Gasteiger partial charge < -0.3 is 9.09 Å². The van der Waals surface area contributed by atoms with Crippen molar-refractivity contribution in [3.8, 4) is 17.7 Å². The Bertz CT molecular complexity index is 1400. The first-order valence-corrected chi connectivity index (χ1v) is 9.34. The van der Waals surface area contributed by atoms with E-state index in [0.717, 1.165) is 12.8 Å². The molecular weight excluding hydrogens is 375 g/mol. The number of benzene rings is 1. The van der Waals surface area contributed by atoms with Crippen molar-refractivity contribution in [3.63, 3.8) is 0 Å². The van der Waals surface area contributed by atoms with Crippen LogP contribution in [0.3, 0.4) is 0 Å². The molecule has 4 aromatic rings. The fourth-order valence-electron chi connectivity index (χ4n) is 3.68. The zero-order chi connectivity index (χ0) is 20.5. The topological polar surface area (TPSA) is 102 Å². The third kappa shape index (κ3) is 2.35. The summed E-state index contributed by atoms with van der Waals surface area (Å²) in [6.45, 7) is 5.67. The van der Waals surface area contributed by atoms with Gasteiger partial charge in [0.05, 0.1) is 11.0 Å². The van der Waals surface area contributed by atoms with Crippen LogP contribution in [-0.4, -0.2) is 24.1 Å². The number of aromatic nitrogens is 5. The van der Waals surface area contributed by atoms with Gasteiger partial charge in [-0.3, -0.25) is 9.20 Å². The average molecular weight is 392 g/mol. The van der Waals surface area contributed by atoms with Crippen molar-refractivity contribution in [1.82, 2.24) is 24.1 Å². The van der Waals surface area contributed by atoms with Crippen molar-refractivity contribution in [1.29, 1.82) is 5.26 Å². The van der Waals surface area contributed by atoms with Crippen LogP contribution in [0.5, 0.6) is 0 Å². The summed E-state index contributed by atoms with van der Waals surface area (Å²) in [5.74, 6) is 0.102. The van der Waals surface area contributed by atoms with E-state index in [0.29, 0.717) is 11.3 Å². The van der Waals surface area contributed by atoms with Crippen LogP contribution >= 0.6 is 0 Å².